The van der Waals surface area contributed by atoms with Crippen molar-refractivity contribution in [2.75, 3.05) is 32.8 Å². The van der Waals surface area contributed by atoms with Crippen molar-refractivity contribution in [3.8, 4) is 0 Å². The molecule has 2 rings (SSSR count). The molecule has 118 valence electrons. The summed E-state index contributed by atoms with van der Waals surface area (Å²) in [5.41, 5.74) is 1.40. The number of nitrogens with one attached hydrogen (secondary N) is 1. The van der Waals surface area contributed by atoms with Crippen LogP contribution in [0, 0.1) is 0 Å². The largest absolute Gasteiger partial charge is 0.377 e. The van der Waals surface area contributed by atoms with Crippen molar-refractivity contribution in [3.05, 3.63) is 35.9 Å². The van der Waals surface area contributed by atoms with Crippen LogP contribution in [-0.2, 0) is 4.74 Å². The van der Waals surface area contributed by atoms with Crippen LogP contribution in [0.3, 0.4) is 0 Å². The van der Waals surface area contributed by atoms with Gasteiger partial charge in [-0.1, -0.05) is 44.2 Å². The molecule has 3 heteroatoms. The van der Waals surface area contributed by atoms with E-state index in [4.69, 9.17) is 4.74 Å². The van der Waals surface area contributed by atoms with Crippen molar-refractivity contribution in [1.29, 1.82) is 0 Å². The van der Waals surface area contributed by atoms with Crippen molar-refractivity contribution in [2.24, 2.45) is 0 Å². The molecule has 21 heavy (non-hydrogen) atoms. The number of ether oxygens (including phenoxy) is 1. The van der Waals surface area contributed by atoms with E-state index >= 15 is 0 Å². The Hall–Kier alpha value is -0.900. The summed E-state index contributed by atoms with van der Waals surface area (Å²) in [6.07, 6.45) is 4.02. The van der Waals surface area contributed by atoms with Gasteiger partial charge in [-0.15, -0.1) is 0 Å². The molecule has 1 saturated heterocycles. The lowest BCUT2D eigenvalue weighted by molar-refractivity contribution is 0.0586. The number of hydrogen-bond donors (Lipinski definition) is 1. The fourth-order valence-corrected chi connectivity index (χ4v) is 3.08. The quantitative estimate of drug-likeness (QED) is 0.707. The van der Waals surface area contributed by atoms with Gasteiger partial charge in [0.25, 0.3) is 0 Å². The Morgan fingerprint density at radius 3 is 2.71 bits per heavy atom. The van der Waals surface area contributed by atoms with Crippen LogP contribution < -0.4 is 5.32 Å². The lowest BCUT2D eigenvalue weighted by atomic mass is 10.0. The minimum atomic E-state index is 0.419. The Labute approximate surface area is 129 Å². The first-order valence-electron chi connectivity index (χ1n) is 8.46. The molecule has 2 unspecified atom stereocenters. The van der Waals surface area contributed by atoms with Crippen molar-refractivity contribution >= 4 is 0 Å². The third-order valence-corrected chi connectivity index (χ3v) is 4.26. The fourth-order valence-electron chi connectivity index (χ4n) is 3.08. The van der Waals surface area contributed by atoms with Gasteiger partial charge in [0.15, 0.2) is 0 Å². The van der Waals surface area contributed by atoms with Gasteiger partial charge >= 0.3 is 0 Å². The van der Waals surface area contributed by atoms with E-state index in [0.717, 1.165) is 32.8 Å². The molecule has 0 aromatic heterocycles. The second-order valence-corrected chi connectivity index (χ2v) is 5.85. The number of hydrogen-bond acceptors (Lipinski definition) is 3. The minimum Gasteiger partial charge on any atom is -0.377 e. The highest BCUT2D eigenvalue weighted by atomic mass is 16.5. The van der Waals surface area contributed by atoms with Gasteiger partial charge in [-0.05, 0) is 37.9 Å². The van der Waals surface area contributed by atoms with E-state index in [0.29, 0.717) is 12.1 Å². The fraction of sp³-hybridized carbons (Fsp3) is 0.667. The van der Waals surface area contributed by atoms with Crippen molar-refractivity contribution in [2.45, 2.75) is 45.3 Å². The standard InChI is InChI=1S/C18H30N2O/c1-3-12-19-14-18(16-9-6-5-7-10-16)20(4-2)15-17-11-8-13-21-17/h5-7,9-10,17-19H,3-4,8,11-15H2,1-2H3. The first kappa shape index (κ1) is 16.5. The maximum absolute atomic E-state index is 5.83. The molecule has 3 nitrogen and oxygen atoms in total. The minimum absolute atomic E-state index is 0.419. The summed E-state index contributed by atoms with van der Waals surface area (Å²) in [5.74, 6) is 0. The van der Waals surface area contributed by atoms with E-state index in [-0.39, 0.29) is 0 Å². The number of benzene rings is 1. The van der Waals surface area contributed by atoms with E-state index in [1.807, 2.05) is 0 Å². The molecule has 0 bridgehead atoms. The van der Waals surface area contributed by atoms with E-state index in [1.165, 1.54) is 24.8 Å². The maximum Gasteiger partial charge on any atom is 0.0703 e. The molecule has 0 radical (unpaired) electrons. The van der Waals surface area contributed by atoms with E-state index < -0.39 is 0 Å². The highest BCUT2D eigenvalue weighted by molar-refractivity contribution is 5.19. The Balaban J connectivity index is 2.03. The lowest BCUT2D eigenvalue weighted by Crippen LogP contribution is -2.40. The summed E-state index contributed by atoms with van der Waals surface area (Å²) in [4.78, 5) is 2.56. The molecule has 1 N–H and O–H groups in total. The summed E-state index contributed by atoms with van der Waals surface area (Å²) in [6, 6.07) is 11.3. The van der Waals surface area contributed by atoms with Crippen LogP contribution in [0.2, 0.25) is 0 Å². The first-order valence-corrected chi connectivity index (χ1v) is 8.46. The molecule has 0 spiro atoms. The third kappa shape index (κ3) is 5.10. The normalized spacial score (nSPS) is 20.0. The predicted octanol–water partition coefficient (Wildman–Crippen LogP) is 3.23. The molecule has 2 atom stereocenters. The molecule has 0 amide bonds. The van der Waals surface area contributed by atoms with Gasteiger partial charge < -0.3 is 10.1 Å². The Morgan fingerprint density at radius 1 is 1.29 bits per heavy atom. The molecule has 1 aliphatic heterocycles. The van der Waals surface area contributed by atoms with Gasteiger partial charge in [0.1, 0.15) is 0 Å². The van der Waals surface area contributed by atoms with Gasteiger partial charge in [0, 0.05) is 25.7 Å². The third-order valence-electron chi connectivity index (χ3n) is 4.26. The Kier molecular flexibility index (Phi) is 7.20. The Bertz CT molecular complexity index is 376. The SMILES string of the molecule is CCCNCC(c1ccccc1)N(CC)CC1CCCO1. The number of nitrogens with zero attached hydrogens (tertiary/aromatic N) is 1. The van der Waals surface area contributed by atoms with Crippen LogP contribution in [-0.4, -0.2) is 43.8 Å². The van der Waals surface area contributed by atoms with Crippen molar-refractivity contribution < 1.29 is 4.74 Å². The van der Waals surface area contributed by atoms with Crippen LogP contribution in [0.25, 0.3) is 0 Å². The van der Waals surface area contributed by atoms with Crippen molar-refractivity contribution in [1.82, 2.24) is 10.2 Å². The van der Waals surface area contributed by atoms with Crippen LogP contribution in [0.15, 0.2) is 30.3 Å². The number of rotatable bonds is 9. The second kappa shape index (κ2) is 9.19. The molecule has 1 aromatic rings. The summed E-state index contributed by atoms with van der Waals surface area (Å²) in [7, 11) is 0. The average molecular weight is 290 g/mol. The predicted molar refractivity (Wildman–Crippen MR) is 88.6 cm³/mol. The van der Waals surface area contributed by atoms with Crippen LogP contribution in [0.4, 0.5) is 0 Å². The zero-order valence-corrected chi connectivity index (χ0v) is 13.6. The molecular formula is C18H30N2O. The lowest BCUT2D eigenvalue weighted by Gasteiger charge is -2.33. The maximum atomic E-state index is 5.83. The molecule has 1 heterocycles. The van der Waals surface area contributed by atoms with Crippen molar-refractivity contribution in [3.63, 3.8) is 0 Å². The zero-order chi connectivity index (χ0) is 14.9. The highest BCUT2D eigenvalue weighted by Gasteiger charge is 2.24. The first-order chi connectivity index (χ1) is 10.3. The molecule has 0 saturated carbocycles. The molecule has 0 aliphatic carbocycles. The molecular weight excluding hydrogens is 260 g/mol. The second-order valence-electron chi connectivity index (χ2n) is 5.85. The average Bonchev–Trinajstić information content (AvgIpc) is 3.04. The zero-order valence-electron chi connectivity index (χ0n) is 13.6. The van der Waals surface area contributed by atoms with Gasteiger partial charge in [0.05, 0.1) is 6.10 Å². The summed E-state index contributed by atoms with van der Waals surface area (Å²) < 4.78 is 5.83. The molecule has 1 aliphatic rings. The monoisotopic (exact) mass is 290 g/mol. The summed E-state index contributed by atoms with van der Waals surface area (Å²) in [5, 5.41) is 3.59. The highest BCUT2D eigenvalue weighted by Crippen LogP contribution is 2.23. The van der Waals surface area contributed by atoms with Gasteiger partial charge in [-0.2, -0.15) is 0 Å². The summed E-state index contributed by atoms with van der Waals surface area (Å²) >= 11 is 0. The van der Waals surface area contributed by atoms with E-state index in [9.17, 15) is 0 Å². The van der Waals surface area contributed by atoms with Gasteiger partial charge in [-0.25, -0.2) is 0 Å². The number of likely N-dealkylation sites (N-methyl/N-ethyl adjacent to an activating group) is 1. The van der Waals surface area contributed by atoms with Gasteiger partial charge in [0.2, 0.25) is 0 Å². The molecule has 1 fully saturated rings. The summed E-state index contributed by atoms with van der Waals surface area (Å²) in [6.45, 7) is 9.61. The smallest absolute Gasteiger partial charge is 0.0703 e. The van der Waals surface area contributed by atoms with E-state index in [2.05, 4.69) is 54.4 Å². The Morgan fingerprint density at radius 2 is 2.10 bits per heavy atom. The topological polar surface area (TPSA) is 24.5 Å². The van der Waals surface area contributed by atoms with Crippen LogP contribution in [0.5, 0.6) is 0 Å². The van der Waals surface area contributed by atoms with Crippen LogP contribution in [0.1, 0.15) is 44.7 Å². The van der Waals surface area contributed by atoms with Gasteiger partial charge in [-0.3, -0.25) is 4.90 Å². The van der Waals surface area contributed by atoms with E-state index in [1.54, 1.807) is 0 Å². The van der Waals surface area contributed by atoms with Crippen LogP contribution >= 0.6 is 0 Å². The molecule has 1 aromatic carbocycles.